The van der Waals surface area contributed by atoms with Crippen molar-refractivity contribution in [3.63, 3.8) is 0 Å². The number of ether oxygens (including phenoxy) is 2. The van der Waals surface area contributed by atoms with Gasteiger partial charge in [0.25, 0.3) is 0 Å². The molecule has 0 spiro atoms. The van der Waals surface area contributed by atoms with E-state index in [0.717, 1.165) is 52.9 Å². The molecule has 2 N–H and O–H groups in total. The second kappa shape index (κ2) is 13.7. The van der Waals surface area contributed by atoms with Crippen LogP contribution in [0.4, 0.5) is 0 Å². The van der Waals surface area contributed by atoms with Gasteiger partial charge in [-0.3, -0.25) is 9.69 Å². The summed E-state index contributed by atoms with van der Waals surface area (Å²) in [4.78, 5) is 13.8. The average Bonchev–Trinajstić information content (AvgIpc) is 3.00. The van der Waals surface area contributed by atoms with Gasteiger partial charge in [-0.2, -0.15) is 0 Å². The van der Waals surface area contributed by atoms with Crippen LogP contribution in [0, 0.1) is 0 Å². The highest BCUT2D eigenvalue weighted by molar-refractivity contribution is 5.74. The average molecular weight is 551 g/mol. The van der Waals surface area contributed by atoms with E-state index in [4.69, 9.17) is 9.47 Å². The Balaban J connectivity index is 1.35. The summed E-state index contributed by atoms with van der Waals surface area (Å²) in [5.41, 5.74) is 7.40. The van der Waals surface area contributed by atoms with Gasteiger partial charge in [0.15, 0.2) is 6.29 Å². The Morgan fingerprint density at radius 2 is 1.54 bits per heavy atom. The molecular weight excluding hydrogens is 512 g/mol. The van der Waals surface area contributed by atoms with Crippen LogP contribution in [0.15, 0.2) is 103 Å². The smallest absolute Gasteiger partial charge is 0.217 e. The molecule has 0 radical (unpaired) electrons. The minimum absolute atomic E-state index is 0.0186. The summed E-state index contributed by atoms with van der Waals surface area (Å²) in [7, 11) is 2.12. The number of aliphatic hydroxyl groups is 1. The number of hydrogen-bond acceptors (Lipinski definition) is 5. The van der Waals surface area contributed by atoms with Crippen LogP contribution in [0.1, 0.15) is 53.6 Å². The summed E-state index contributed by atoms with van der Waals surface area (Å²) < 4.78 is 13.1. The molecule has 0 aliphatic carbocycles. The second-order valence-electron chi connectivity index (χ2n) is 10.7. The quantitative estimate of drug-likeness (QED) is 0.248. The van der Waals surface area contributed by atoms with Crippen molar-refractivity contribution in [1.29, 1.82) is 0 Å². The van der Waals surface area contributed by atoms with Gasteiger partial charge in [-0.05, 0) is 40.4 Å². The molecule has 212 valence electrons. The number of aliphatic hydroxyl groups excluding tert-OH is 1. The summed E-state index contributed by atoms with van der Waals surface area (Å²) in [6.07, 6.45) is 0.0747. The molecule has 1 fully saturated rings. The Morgan fingerprint density at radius 1 is 0.854 bits per heavy atom. The first-order valence-corrected chi connectivity index (χ1v) is 14.1. The first kappa shape index (κ1) is 28.7. The molecule has 6 heteroatoms. The third-order valence-electron chi connectivity index (χ3n) is 7.46. The number of carbonyl (C=O) groups excluding carboxylic acids is 1. The minimum atomic E-state index is -0.509. The fraction of sp³-hybridized carbons (Fsp3) is 0.286. The van der Waals surface area contributed by atoms with Gasteiger partial charge in [0, 0.05) is 38.5 Å². The lowest BCUT2D eigenvalue weighted by Crippen LogP contribution is -2.37. The predicted octanol–water partition coefficient (Wildman–Crippen LogP) is 6.16. The van der Waals surface area contributed by atoms with Crippen LogP contribution < -0.4 is 5.32 Å². The van der Waals surface area contributed by atoms with E-state index in [-0.39, 0.29) is 24.7 Å². The van der Waals surface area contributed by atoms with Crippen molar-refractivity contribution in [2.75, 3.05) is 13.6 Å². The minimum Gasteiger partial charge on any atom is -0.392 e. The van der Waals surface area contributed by atoms with Crippen molar-refractivity contribution in [1.82, 2.24) is 10.2 Å². The van der Waals surface area contributed by atoms with Gasteiger partial charge >= 0.3 is 0 Å². The number of likely N-dealkylation sites (N-methyl/N-ethyl adjacent to an activating group) is 1. The summed E-state index contributed by atoms with van der Waals surface area (Å²) in [5.74, 6) is -0.0498. The van der Waals surface area contributed by atoms with Gasteiger partial charge in [-0.1, -0.05) is 103 Å². The van der Waals surface area contributed by atoms with E-state index in [2.05, 4.69) is 71.9 Å². The maximum atomic E-state index is 11.5. The molecule has 3 atom stereocenters. The van der Waals surface area contributed by atoms with Gasteiger partial charge in [0.1, 0.15) is 0 Å². The lowest BCUT2D eigenvalue weighted by atomic mass is 9.97. The Morgan fingerprint density at radius 3 is 2.24 bits per heavy atom. The van der Waals surface area contributed by atoms with Gasteiger partial charge in [0.2, 0.25) is 5.91 Å². The second-order valence-corrected chi connectivity index (χ2v) is 10.7. The summed E-state index contributed by atoms with van der Waals surface area (Å²) in [6, 6.07) is 34.9. The van der Waals surface area contributed by atoms with E-state index in [9.17, 15) is 9.90 Å². The third kappa shape index (κ3) is 7.69. The first-order chi connectivity index (χ1) is 20.0. The molecule has 1 saturated heterocycles. The van der Waals surface area contributed by atoms with Gasteiger partial charge in [-0.25, -0.2) is 0 Å². The van der Waals surface area contributed by atoms with E-state index in [1.165, 1.54) is 12.5 Å². The maximum Gasteiger partial charge on any atom is 0.217 e. The number of nitrogens with one attached hydrogen (secondary N) is 1. The molecule has 5 rings (SSSR count). The molecule has 1 aliphatic rings. The standard InChI is InChI=1S/C35H38N2O4/c1-25(39)36-21-31-10-6-7-11-33(31)28-16-18-30(19-17-28)35-40-32(23-37(2)22-26-8-4-3-5-9-26)20-34(41-35)29-14-12-27(24-38)13-15-29/h3-19,32,34-35,38H,20-24H2,1-2H3,(H,36,39)/t32-,34+,35+/m1/s1. The predicted molar refractivity (Wildman–Crippen MR) is 161 cm³/mol. The molecule has 0 aromatic heterocycles. The summed E-state index contributed by atoms with van der Waals surface area (Å²) >= 11 is 0. The molecule has 1 aliphatic heterocycles. The van der Waals surface area contributed by atoms with E-state index < -0.39 is 6.29 Å². The van der Waals surface area contributed by atoms with Gasteiger partial charge in [0.05, 0.1) is 18.8 Å². The molecule has 1 amide bonds. The van der Waals surface area contributed by atoms with Crippen molar-refractivity contribution < 1.29 is 19.4 Å². The number of amides is 1. The van der Waals surface area contributed by atoms with E-state index in [1.807, 2.05) is 48.5 Å². The molecule has 4 aromatic carbocycles. The fourth-order valence-corrected chi connectivity index (χ4v) is 5.34. The van der Waals surface area contributed by atoms with Crippen LogP contribution in [0.2, 0.25) is 0 Å². The largest absolute Gasteiger partial charge is 0.392 e. The molecule has 0 unspecified atom stereocenters. The van der Waals surface area contributed by atoms with Gasteiger partial charge < -0.3 is 19.9 Å². The number of benzene rings is 4. The van der Waals surface area contributed by atoms with E-state index in [0.29, 0.717) is 6.54 Å². The van der Waals surface area contributed by atoms with E-state index in [1.54, 1.807) is 0 Å². The Hall–Kier alpha value is -3.81. The lowest BCUT2D eigenvalue weighted by molar-refractivity contribution is -0.252. The highest BCUT2D eigenvalue weighted by Gasteiger charge is 2.32. The van der Waals surface area contributed by atoms with Crippen molar-refractivity contribution in [3.05, 3.63) is 131 Å². The molecular formula is C35H38N2O4. The Bertz CT molecular complexity index is 1410. The maximum absolute atomic E-state index is 11.5. The number of carbonyl (C=O) groups is 1. The van der Waals surface area contributed by atoms with Crippen molar-refractivity contribution in [2.45, 2.75) is 51.5 Å². The molecule has 6 nitrogen and oxygen atoms in total. The van der Waals surface area contributed by atoms with Crippen LogP contribution in [-0.2, 0) is 34.0 Å². The molecule has 0 saturated carbocycles. The molecule has 1 heterocycles. The zero-order chi connectivity index (χ0) is 28.6. The third-order valence-corrected chi connectivity index (χ3v) is 7.46. The van der Waals surface area contributed by atoms with Crippen LogP contribution in [0.5, 0.6) is 0 Å². The molecule has 0 bridgehead atoms. The molecule has 4 aromatic rings. The normalized spacial score (nSPS) is 18.8. The summed E-state index contributed by atoms with van der Waals surface area (Å²) in [5, 5.41) is 12.4. The monoisotopic (exact) mass is 550 g/mol. The zero-order valence-electron chi connectivity index (χ0n) is 23.7. The highest BCUT2D eigenvalue weighted by Crippen LogP contribution is 2.39. The van der Waals surface area contributed by atoms with Crippen LogP contribution in [0.25, 0.3) is 11.1 Å². The Labute approximate surface area is 242 Å². The highest BCUT2D eigenvalue weighted by atomic mass is 16.7. The molecule has 41 heavy (non-hydrogen) atoms. The SMILES string of the molecule is CC(=O)NCc1ccccc1-c1ccc([C@H]2O[C@@H](CN(C)Cc3ccccc3)C[C@@H](c3ccc(CO)cc3)O2)cc1. The lowest BCUT2D eigenvalue weighted by Gasteiger charge is -2.38. The first-order valence-electron chi connectivity index (χ1n) is 14.1. The fourth-order valence-electron chi connectivity index (χ4n) is 5.34. The van der Waals surface area contributed by atoms with Gasteiger partial charge in [-0.15, -0.1) is 0 Å². The van der Waals surface area contributed by atoms with Crippen molar-refractivity contribution in [2.24, 2.45) is 0 Å². The van der Waals surface area contributed by atoms with E-state index >= 15 is 0 Å². The van der Waals surface area contributed by atoms with Crippen LogP contribution in [0.3, 0.4) is 0 Å². The summed E-state index contributed by atoms with van der Waals surface area (Å²) in [6.45, 7) is 3.65. The number of nitrogens with zero attached hydrogens (tertiary/aromatic N) is 1. The van der Waals surface area contributed by atoms with Crippen molar-refractivity contribution in [3.8, 4) is 11.1 Å². The number of hydrogen-bond donors (Lipinski definition) is 2. The Kier molecular flexibility index (Phi) is 9.59. The zero-order valence-corrected chi connectivity index (χ0v) is 23.7. The number of rotatable bonds is 10. The topological polar surface area (TPSA) is 71.0 Å². The van der Waals surface area contributed by atoms with Crippen LogP contribution in [-0.4, -0.2) is 35.6 Å². The van der Waals surface area contributed by atoms with Crippen molar-refractivity contribution >= 4 is 5.91 Å². The van der Waals surface area contributed by atoms with Crippen LogP contribution >= 0.6 is 0 Å².